The van der Waals surface area contributed by atoms with E-state index in [9.17, 15) is 0 Å². The molecule has 0 amide bonds. The second-order valence-corrected chi connectivity index (χ2v) is 5.85. The summed E-state index contributed by atoms with van der Waals surface area (Å²) in [5.41, 5.74) is 2.77. The lowest BCUT2D eigenvalue weighted by atomic mass is 10.00. The summed E-state index contributed by atoms with van der Waals surface area (Å²) in [7, 11) is 1.86. The largest absolute Gasteiger partial charge is 0.376 e. The molecule has 1 atom stereocenters. The van der Waals surface area contributed by atoms with Gasteiger partial charge in [0.2, 0.25) is 0 Å². The molecular formula is C18H25N3O. The topological polar surface area (TPSA) is 36.9 Å². The molecule has 0 saturated carbocycles. The van der Waals surface area contributed by atoms with Gasteiger partial charge >= 0.3 is 0 Å². The van der Waals surface area contributed by atoms with Gasteiger partial charge in [-0.1, -0.05) is 36.4 Å². The Balaban J connectivity index is 1.55. The third kappa shape index (κ3) is 3.69. The lowest BCUT2D eigenvalue weighted by Gasteiger charge is -2.30. The van der Waals surface area contributed by atoms with E-state index in [-0.39, 0.29) is 0 Å². The van der Waals surface area contributed by atoms with Crippen LogP contribution in [-0.4, -0.2) is 50.3 Å². The van der Waals surface area contributed by atoms with E-state index in [0.717, 1.165) is 45.0 Å². The van der Waals surface area contributed by atoms with E-state index >= 15 is 0 Å². The van der Waals surface area contributed by atoms with Crippen LogP contribution in [0.4, 0.5) is 0 Å². The van der Waals surface area contributed by atoms with Gasteiger partial charge in [-0.15, -0.1) is 0 Å². The van der Waals surface area contributed by atoms with Gasteiger partial charge < -0.3 is 15.0 Å². The summed E-state index contributed by atoms with van der Waals surface area (Å²) < 4.78 is 5.66. The molecule has 0 radical (unpaired) electrons. The Labute approximate surface area is 132 Å². The quantitative estimate of drug-likeness (QED) is 0.688. The van der Waals surface area contributed by atoms with Gasteiger partial charge in [0.05, 0.1) is 6.10 Å². The van der Waals surface area contributed by atoms with Crippen LogP contribution >= 0.6 is 0 Å². The van der Waals surface area contributed by atoms with Crippen molar-refractivity contribution in [3.63, 3.8) is 0 Å². The summed E-state index contributed by atoms with van der Waals surface area (Å²) >= 11 is 0. The van der Waals surface area contributed by atoms with E-state index in [2.05, 4.69) is 51.6 Å². The predicted molar refractivity (Wildman–Crippen MR) is 90.9 cm³/mol. The molecule has 2 aliphatic heterocycles. The molecule has 22 heavy (non-hydrogen) atoms. The SMILES string of the molecule is CN=C(NCC1CCCO1)N1CC=C(c2ccccc2)CC1. The van der Waals surface area contributed by atoms with Crippen LogP contribution in [0.5, 0.6) is 0 Å². The zero-order valence-electron chi connectivity index (χ0n) is 13.3. The highest BCUT2D eigenvalue weighted by atomic mass is 16.5. The zero-order valence-corrected chi connectivity index (χ0v) is 13.3. The minimum Gasteiger partial charge on any atom is -0.376 e. The van der Waals surface area contributed by atoms with E-state index in [1.807, 2.05) is 7.05 Å². The number of aliphatic imine (C=N–C) groups is 1. The van der Waals surface area contributed by atoms with E-state index in [0.29, 0.717) is 6.10 Å². The lowest BCUT2D eigenvalue weighted by molar-refractivity contribution is 0.113. The highest BCUT2D eigenvalue weighted by Gasteiger charge is 2.19. The Kier molecular flexibility index (Phi) is 5.11. The molecule has 4 heteroatoms. The van der Waals surface area contributed by atoms with Gasteiger partial charge in [0.1, 0.15) is 0 Å². The van der Waals surface area contributed by atoms with Crippen molar-refractivity contribution in [2.45, 2.75) is 25.4 Å². The summed E-state index contributed by atoms with van der Waals surface area (Å²) in [5.74, 6) is 0.985. The first-order chi connectivity index (χ1) is 10.9. The molecule has 1 fully saturated rings. The molecule has 0 aliphatic carbocycles. The van der Waals surface area contributed by atoms with Gasteiger partial charge in [-0.25, -0.2) is 0 Å². The third-order valence-corrected chi connectivity index (χ3v) is 4.38. The average molecular weight is 299 g/mol. The minimum absolute atomic E-state index is 0.344. The van der Waals surface area contributed by atoms with Gasteiger partial charge in [-0.05, 0) is 30.4 Å². The van der Waals surface area contributed by atoms with Crippen LogP contribution < -0.4 is 5.32 Å². The molecule has 2 aliphatic rings. The van der Waals surface area contributed by atoms with Gasteiger partial charge in [-0.2, -0.15) is 0 Å². The Morgan fingerprint density at radius 1 is 1.36 bits per heavy atom. The van der Waals surface area contributed by atoms with Crippen LogP contribution in [0.25, 0.3) is 5.57 Å². The van der Waals surface area contributed by atoms with Crippen molar-refractivity contribution < 1.29 is 4.74 Å². The van der Waals surface area contributed by atoms with Gasteiger partial charge in [0, 0.05) is 33.3 Å². The van der Waals surface area contributed by atoms with Crippen LogP contribution in [-0.2, 0) is 4.74 Å². The molecule has 0 bridgehead atoms. The number of hydrogen-bond donors (Lipinski definition) is 1. The van der Waals surface area contributed by atoms with E-state index in [1.54, 1.807) is 0 Å². The maximum absolute atomic E-state index is 5.66. The van der Waals surface area contributed by atoms with E-state index in [1.165, 1.54) is 17.6 Å². The monoisotopic (exact) mass is 299 g/mol. The smallest absolute Gasteiger partial charge is 0.194 e. The molecule has 4 nitrogen and oxygen atoms in total. The Morgan fingerprint density at radius 2 is 2.23 bits per heavy atom. The van der Waals surface area contributed by atoms with Crippen molar-refractivity contribution >= 4 is 11.5 Å². The molecule has 118 valence electrons. The predicted octanol–water partition coefficient (Wildman–Crippen LogP) is 2.53. The van der Waals surface area contributed by atoms with Crippen LogP contribution in [0, 0.1) is 0 Å². The fourth-order valence-electron chi connectivity index (χ4n) is 3.12. The van der Waals surface area contributed by atoms with E-state index in [4.69, 9.17) is 4.74 Å². The number of guanidine groups is 1. The number of nitrogens with one attached hydrogen (secondary N) is 1. The van der Waals surface area contributed by atoms with Crippen molar-refractivity contribution in [3.8, 4) is 0 Å². The summed E-state index contributed by atoms with van der Waals surface area (Å²) in [6.45, 7) is 3.68. The van der Waals surface area contributed by atoms with Crippen molar-refractivity contribution in [2.75, 3.05) is 33.3 Å². The summed E-state index contributed by atoms with van der Waals surface area (Å²) in [6.07, 6.45) is 6.06. The molecule has 1 unspecified atom stereocenters. The molecule has 1 aromatic rings. The van der Waals surface area contributed by atoms with Crippen LogP contribution in [0.1, 0.15) is 24.8 Å². The minimum atomic E-state index is 0.344. The molecule has 1 N–H and O–H groups in total. The standard InChI is InChI=1S/C18H25N3O/c1-19-18(20-14-17-8-5-13-22-17)21-11-9-16(10-12-21)15-6-3-2-4-7-15/h2-4,6-7,9,17H,5,8,10-14H2,1H3,(H,19,20). The van der Waals surface area contributed by atoms with E-state index < -0.39 is 0 Å². The molecule has 1 saturated heterocycles. The number of benzene rings is 1. The lowest BCUT2D eigenvalue weighted by Crippen LogP contribution is -2.45. The zero-order chi connectivity index (χ0) is 15.2. The maximum Gasteiger partial charge on any atom is 0.194 e. The van der Waals surface area contributed by atoms with Crippen LogP contribution in [0.2, 0.25) is 0 Å². The summed E-state index contributed by atoms with van der Waals surface area (Å²) in [5, 5.41) is 3.46. The molecule has 0 spiro atoms. The van der Waals surface area contributed by atoms with Crippen LogP contribution in [0.15, 0.2) is 41.4 Å². The molecule has 3 rings (SSSR count). The average Bonchev–Trinajstić information content (AvgIpc) is 3.10. The van der Waals surface area contributed by atoms with Crippen molar-refractivity contribution in [2.24, 2.45) is 4.99 Å². The maximum atomic E-state index is 5.66. The Hall–Kier alpha value is -1.81. The fraction of sp³-hybridized carbons (Fsp3) is 0.500. The third-order valence-electron chi connectivity index (χ3n) is 4.38. The first-order valence-electron chi connectivity index (χ1n) is 8.18. The van der Waals surface area contributed by atoms with Crippen molar-refractivity contribution in [1.29, 1.82) is 0 Å². The molecular weight excluding hydrogens is 274 g/mol. The highest BCUT2D eigenvalue weighted by molar-refractivity contribution is 5.81. The first kappa shape index (κ1) is 15.1. The Bertz CT molecular complexity index is 533. The highest BCUT2D eigenvalue weighted by Crippen LogP contribution is 2.22. The first-order valence-corrected chi connectivity index (χ1v) is 8.18. The molecule has 0 aromatic heterocycles. The number of nitrogens with zero attached hydrogens (tertiary/aromatic N) is 2. The van der Waals surface area contributed by atoms with Gasteiger partial charge in [-0.3, -0.25) is 4.99 Å². The Morgan fingerprint density at radius 3 is 2.86 bits per heavy atom. The molecule has 1 aromatic carbocycles. The fourth-order valence-corrected chi connectivity index (χ4v) is 3.12. The van der Waals surface area contributed by atoms with Gasteiger partial charge in [0.25, 0.3) is 0 Å². The second kappa shape index (κ2) is 7.45. The normalized spacial score (nSPS) is 22.6. The van der Waals surface area contributed by atoms with Crippen molar-refractivity contribution in [3.05, 3.63) is 42.0 Å². The van der Waals surface area contributed by atoms with Crippen molar-refractivity contribution in [1.82, 2.24) is 10.2 Å². The number of rotatable bonds is 3. The number of ether oxygens (including phenoxy) is 1. The van der Waals surface area contributed by atoms with Gasteiger partial charge in [0.15, 0.2) is 5.96 Å². The number of hydrogen-bond acceptors (Lipinski definition) is 2. The second-order valence-electron chi connectivity index (χ2n) is 5.85. The summed E-state index contributed by atoms with van der Waals surface area (Å²) in [4.78, 5) is 6.72. The summed E-state index contributed by atoms with van der Waals surface area (Å²) in [6, 6.07) is 10.6. The molecule has 2 heterocycles. The van der Waals surface area contributed by atoms with Crippen LogP contribution in [0.3, 0.4) is 0 Å².